The second-order valence-corrected chi connectivity index (χ2v) is 5.31. The van der Waals surface area contributed by atoms with E-state index in [1.165, 1.54) is 0 Å². The van der Waals surface area contributed by atoms with Crippen molar-refractivity contribution in [3.8, 4) is 0 Å². The average Bonchev–Trinajstić information content (AvgIpc) is 2.84. The number of hydrogen-bond acceptors (Lipinski definition) is 3. The minimum absolute atomic E-state index is 0.223. The maximum atomic E-state index is 12.2. The second kappa shape index (κ2) is 6.70. The van der Waals surface area contributed by atoms with Gasteiger partial charge >= 0.3 is 0 Å². The molecule has 0 unspecified atom stereocenters. The van der Waals surface area contributed by atoms with Gasteiger partial charge in [0.25, 0.3) is 0 Å². The van der Waals surface area contributed by atoms with Crippen LogP contribution in [0.4, 0.5) is 0 Å². The fourth-order valence-corrected chi connectivity index (χ4v) is 2.61. The quantitative estimate of drug-likeness (QED) is 0.864. The molecule has 1 N–H and O–H groups in total. The van der Waals surface area contributed by atoms with E-state index in [0.717, 1.165) is 51.3 Å². The van der Waals surface area contributed by atoms with Gasteiger partial charge in [0.2, 0.25) is 5.91 Å². The molecule has 0 atom stereocenters. The van der Waals surface area contributed by atoms with Crippen molar-refractivity contribution in [3.63, 3.8) is 0 Å². The molecule has 2 heterocycles. The fraction of sp³-hybridized carbons (Fsp3) is 0.714. The van der Waals surface area contributed by atoms with Gasteiger partial charge in [-0.1, -0.05) is 0 Å². The Morgan fingerprint density at radius 1 is 1.53 bits per heavy atom. The van der Waals surface area contributed by atoms with E-state index in [0.29, 0.717) is 5.91 Å². The Labute approximate surface area is 115 Å². The number of imidazole rings is 1. The minimum Gasteiger partial charge on any atom is -0.345 e. The molecule has 1 aromatic heterocycles. The van der Waals surface area contributed by atoms with Crippen molar-refractivity contribution in [3.05, 3.63) is 18.2 Å². The molecule has 0 spiro atoms. The van der Waals surface area contributed by atoms with Crippen LogP contribution in [-0.2, 0) is 11.3 Å². The van der Waals surface area contributed by atoms with Gasteiger partial charge in [-0.3, -0.25) is 4.79 Å². The lowest BCUT2D eigenvalue weighted by molar-refractivity contribution is -0.135. The van der Waals surface area contributed by atoms with Crippen LogP contribution in [0.2, 0.25) is 0 Å². The maximum absolute atomic E-state index is 12.2. The molecule has 0 radical (unpaired) electrons. The summed E-state index contributed by atoms with van der Waals surface area (Å²) in [4.78, 5) is 18.3. The van der Waals surface area contributed by atoms with Gasteiger partial charge in [-0.05, 0) is 39.3 Å². The van der Waals surface area contributed by atoms with E-state index in [9.17, 15) is 4.79 Å². The molecule has 5 heteroatoms. The highest BCUT2D eigenvalue weighted by molar-refractivity contribution is 5.78. The summed E-state index contributed by atoms with van der Waals surface area (Å²) in [6, 6.07) is 0. The minimum atomic E-state index is 0.223. The highest BCUT2D eigenvalue weighted by Crippen LogP contribution is 2.14. The number of nitrogens with one attached hydrogen (secondary N) is 1. The lowest BCUT2D eigenvalue weighted by Crippen LogP contribution is -2.39. The lowest BCUT2D eigenvalue weighted by Gasteiger charge is -2.27. The molecule has 0 saturated carbocycles. The Hall–Kier alpha value is -1.36. The van der Waals surface area contributed by atoms with Crippen LogP contribution in [0.25, 0.3) is 0 Å². The van der Waals surface area contributed by atoms with Crippen LogP contribution in [0.3, 0.4) is 0 Å². The Balaban J connectivity index is 1.73. The first-order valence-electron chi connectivity index (χ1n) is 7.12. The summed E-state index contributed by atoms with van der Waals surface area (Å²) in [6.07, 6.45) is 6.74. The van der Waals surface area contributed by atoms with E-state index in [2.05, 4.69) is 14.9 Å². The third kappa shape index (κ3) is 3.80. The SMILES string of the molecule is Cc1nccn1CCCN(C)C(=O)C1CCNCC1. The number of hydrogen-bond donors (Lipinski definition) is 1. The Kier molecular flexibility index (Phi) is 4.96. The van der Waals surface area contributed by atoms with Crippen molar-refractivity contribution in [2.24, 2.45) is 5.92 Å². The topological polar surface area (TPSA) is 50.2 Å². The second-order valence-electron chi connectivity index (χ2n) is 5.31. The highest BCUT2D eigenvalue weighted by Gasteiger charge is 2.23. The van der Waals surface area contributed by atoms with Crippen molar-refractivity contribution >= 4 is 5.91 Å². The molecule has 1 fully saturated rings. The van der Waals surface area contributed by atoms with Gasteiger partial charge in [-0.15, -0.1) is 0 Å². The first-order chi connectivity index (χ1) is 9.18. The van der Waals surface area contributed by atoms with Crippen LogP contribution in [0.5, 0.6) is 0 Å². The van der Waals surface area contributed by atoms with Crippen molar-refractivity contribution in [1.82, 2.24) is 19.8 Å². The first-order valence-corrected chi connectivity index (χ1v) is 7.12. The Bertz CT molecular complexity index is 409. The summed E-state index contributed by atoms with van der Waals surface area (Å²) in [7, 11) is 1.92. The maximum Gasteiger partial charge on any atom is 0.225 e. The monoisotopic (exact) mass is 264 g/mol. The summed E-state index contributed by atoms with van der Waals surface area (Å²) < 4.78 is 2.13. The van der Waals surface area contributed by atoms with E-state index in [4.69, 9.17) is 0 Å². The Morgan fingerprint density at radius 3 is 2.89 bits per heavy atom. The fourth-order valence-electron chi connectivity index (χ4n) is 2.61. The van der Waals surface area contributed by atoms with Gasteiger partial charge in [-0.2, -0.15) is 0 Å². The summed E-state index contributed by atoms with van der Waals surface area (Å²) in [5, 5.41) is 3.30. The number of aryl methyl sites for hydroxylation is 2. The number of rotatable bonds is 5. The zero-order chi connectivity index (χ0) is 13.7. The molecule has 106 valence electrons. The largest absolute Gasteiger partial charge is 0.345 e. The molecule has 0 bridgehead atoms. The molecule has 0 aliphatic carbocycles. The summed E-state index contributed by atoms with van der Waals surface area (Å²) >= 11 is 0. The molecule has 19 heavy (non-hydrogen) atoms. The van der Waals surface area contributed by atoms with Gasteiger partial charge < -0.3 is 14.8 Å². The number of nitrogens with zero attached hydrogens (tertiary/aromatic N) is 3. The standard InChI is InChI=1S/C14H24N4O/c1-12-16-8-11-18(12)10-3-9-17(2)14(19)13-4-6-15-7-5-13/h8,11,13,15H,3-7,9-10H2,1-2H3. The number of aromatic nitrogens is 2. The zero-order valence-electron chi connectivity index (χ0n) is 11.9. The summed E-state index contributed by atoms with van der Waals surface area (Å²) in [5.41, 5.74) is 0. The molecule has 1 aromatic rings. The van der Waals surface area contributed by atoms with Crippen molar-refractivity contribution in [1.29, 1.82) is 0 Å². The smallest absolute Gasteiger partial charge is 0.225 e. The van der Waals surface area contributed by atoms with Crippen LogP contribution < -0.4 is 5.32 Å². The van der Waals surface area contributed by atoms with Crippen LogP contribution in [-0.4, -0.2) is 47.0 Å². The van der Waals surface area contributed by atoms with Crippen molar-refractivity contribution in [2.45, 2.75) is 32.7 Å². The first kappa shape index (κ1) is 14.1. The third-order valence-electron chi connectivity index (χ3n) is 3.88. The van der Waals surface area contributed by atoms with E-state index >= 15 is 0 Å². The van der Waals surface area contributed by atoms with E-state index in [-0.39, 0.29) is 5.92 Å². The van der Waals surface area contributed by atoms with Gasteiger partial charge in [-0.25, -0.2) is 4.98 Å². The van der Waals surface area contributed by atoms with E-state index in [1.54, 1.807) is 0 Å². The lowest BCUT2D eigenvalue weighted by atomic mass is 9.97. The normalized spacial score (nSPS) is 16.5. The van der Waals surface area contributed by atoms with Crippen LogP contribution in [0.15, 0.2) is 12.4 Å². The molecule has 1 aliphatic heterocycles. The number of carbonyl (C=O) groups is 1. The average molecular weight is 264 g/mol. The summed E-state index contributed by atoms with van der Waals surface area (Å²) in [6.45, 7) is 5.69. The Morgan fingerprint density at radius 2 is 2.26 bits per heavy atom. The van der Waals surface area contributed by atoms with Gasteiger partial charge in [0.15, 0.2) is 0 Å². The molecular formula is C14H24N4O. The summed E-state index contributed by atoms with van der Waals surface area (Å²) in [5.74, 6) is 1.57. The van der Waals surface area contributed by atoms with Gasteiger partial charge in [0.1, 0.15) is 5.82 Å². The van der Waals surface area contributed by atoms with Gasteiger partial charge in [0, 0.05) is 38.4 Å². The third-order valence-corrected chi connectivity index (χ3v) is 3.88. The molecular weight excluding hydrogens is 240 g/mol. The van der Waals surface area contributed by atoms with Crippen LogP contribution >= 0.6 is 0 Å². The molecule has 1 amide bonds. The predicted molar refractivity (Wildman–Crippen MR) is 74.8 cm³/mol. The molecule has 1 saturated heterocycles. The zero-order valence-corrected chi connectivity index (χ0v) is 11.9. The van der Waals surface area contributed by atoms with Crippen molar-refractivity contribution in [2.75, 3.05) is 26.7 Å². The van der Waals surface area contributed by atoms with Crippen LogP contribution in [0, 0.1) is 12.8 Å². The van der Waals surface area contributed by atoms with E-state index < -0.39 is 0 Å². The van der Waals surface area contributed by atoms with E-state index in [1.807, 2.05) is 31.3 Å². The molecule has 5 nitrogen and oxygen atoms in total. The van der Waals surface area contributed by atoms with Gasteiger partial charge in [0.05, 0.1) is 0 Å². The molecule has 2 rings (SSSR count). The highest BCUT2D eigenvalue weighted by atomic mass is 16.2. The number of piperidine rings is 1. The molecule has 0 aromatic carbocycles. The van der Waals surface area contributed by atoms with Crippen molar-refractivity contribution < 1.29 is 4.79 Å². The number of amides is 1. The van der Waals surface area contributed by atoms with Crippen LogP contribution in [0.1, 0.15) is 25.1 Å². The molecule has 1 aliphatic rings. The number of carbonyl (C=O) groups excluding carboxylic acids is 1. The predicted octanol–water partition coefficient (Wildman–Crippen LogP) is 1.04.